The van der Waals surface area contributed by atoms with Gasteiger partial charge in [-0.25, -0.2) is 0 Å². The average molecular weight is 233 g/mol. The van der Waals surface area contributed by atoms with E-state index in [0.717, 1.165) is 12.8 Å². The van der Waals surface area contributed by atoms with Gasteiger partial charge in [-0.05, 0) is 20.3 Å². The Kier molecular flexibility index (Phi) is 7.44. The van der Waals surface area contributed by atoms with Crippen LogP contribution in [0.3, 0.4) is 0 Å². The molecule has 0 aliphatic heterocycles. The fraction of sp³-hybridized carbons (Fsp3) is 0.727. The van der Waals surface area contributed by atoms with Gasteiger partial charge in [0.1, 0.15) is 0 Å². The predicted octanol–water partition coefficient (Wildman–Crippen LogP) is 2.02. The Labute approximate surface area is 97.3 Å². The molecule has 0 aromatic heterocycles. The molecule has 88 valence electrons. The van der Waals surface area contributed by atoms with Crippen LogP contribution >= 0.6 is 11.6 Å². The zero-order valence-electron chi connectivity index (χ0n) is 9.77. The second-order valence-corrected chi connectivity index (χ2v) is 4.35. The topological polar surface area (TPSA) is 41.1 Å². The van der Waals surface area contributed by atoms with E-state index in [1.807, 2.05) is 13.8 Å². The number of halogens is 1. The quantitative estimate of drug-likeness (QED) is 0.705. The van der Waals surface area contributed by atoms with Gasteiger partial charge >= 0.3 is 0 Å². The van der Waals surface area contributed by atoms with Crippen molar-refractivity contribution in [2.24, 2.45) is 0 Å². The highest BCUT2D eigenvalue weighted by molar-refractivity contribution is 6.29. The van der Waals surface area contributed by atoms with Gasteiger partial charge in [-0.15, -0.1) is 0 Å². The Bertz CT molecular complexity index is 219. The zero-order chi connectivity index (χ0) is 11.8. The van der Waals surface area contributed by atoms with Crippen LogP contribution in [0.25, 0.3) is 0 Å². The summed E-state index contributed by atoms with van der Waals surface area (Å²) in [5.74, 6) is 0.00821. The molecule has 0 aliphatic carbocycles. The van der Waals surface area contributed by atoms with Crippen LogP contribution in [0.15, 0.2) is 11.6 Å². The lowest BCUT2D eigenvalue weighted by molar-refractivity contribution is -0.123. The number of carbonyl (C=O) groups is 1. The second kappa shape index (κ2) is 7.71. The summed E-state index contributed by atoms with van der Waals surface area (Å²) in [5, 5.41) is 6.43. The third-order valence-electron chi connectivity index (χ3n) is 2.10. The van der Waals surface area contributed by atoms with Crippen molar-refractivity contribution in [2.75, 3.05) is 6.54 Å². The molecule has 0 radical (unpaired) electrons. The summed E-state index contributed by atoms with van der Waals surface area (Å²) >= 11 is 5.59. The molecule has 2 N–H and O–H groups in total. The van der Waals surface area contributed by atoms with Gasteiger partial charge in [0.25, 0.3) is 0 Å². The molecule has 0 bridgehead atoms. The smallest absolute Gasteiger partial charge is 0.237 e. The van der Waals surface area contributed by atoms with Gasteiger partial charge in [0.05, 0.1) is 6.04 Å². The highest BCUT2D eigenvalue weighted by Crippen LogP contribution is 1.97. The lowest BCUT2D eigenvalue weighted by Gasteiger charge is -2.17. The molecule has 2 atom stereocenters. The number of carbonyl (C=O) groups excluding carboxylic acids is 1. The van der Waals surface area contributed by atoms with E-state index in [1.54, 1.807) is 0 Å². The molecule has 0 heterocycles. The van der Waals surface area contributed by atoms with E-state index in [1.165, 1.54) is 0 Å². The first-order valence-corrected chi connectivity index (χ1v) is 5.72. The van der Waals surface area contributed by atoms with Gasteiger partial charge in [-0.3, -0.25) is 4.79 Å². The minimum atomic E-state index is -0.236. The Morgan fingerprint density at radius 3 is 2.53 bits per heavy atom. The number of hydrogen-bond acceptors (Lipinski definition) is 2. The predicted molar refractivity (Wildman–Crippen MR) is 65.0 cm³/mol. The normalized spacial score (nSPS) is 14.4. The molecule has 3 nitrogen and oxygen atoms in total. The minimum absolute atomic E-state index is 0.00821. The van der Waals surface area contributed by atoms with Crippen LogP contribution in [0, 0.1) is 0 Å². The number of nitrogens with one attached hydrogen (secondary N) is 2. The largest absolute Gasteiger partial charge is 0.352 e. The first kappa shape index (κ1) is 14.5. The van der Waals surface area contributed by atoms with Gasteiger partial charge in [-0.1, -0.05) is 31.5 Å². The monoisotopic (exact) mass is 232 g/mol. The van der Waals surface area contributed by atoms with Gasteiger partial charge in [-0.2, -0.15) is 0 Å². The van der Waals surface area contributed by atoms with E-state index in [9.17, 15) is 4.79 Å². The van der Waals surface area contributed by atoms with Crippen molar-refractivity contribution in [3.05, 3.63) is 11.6 Å². The van der Waals surface area contributed by atoms with Crippen molar-refractivity contribution < 1.29 is 4.79 Å². The van der Waals surface area contributed by atoms with Crippen molar-refractivity contribution in [2.45, 2.75) is 45.7 Å². The summed E-state index contributed by atoms with van der Waals surface area (Å²) in [5.41, 5.74) is 0. The molecule has 0 saturated heterocycles. The molecule has 2 unspecified atom stereocenters. The molecule has 0 aliphatic rings. The molecular weight excluding hydrogens is 212 g/mol. The molecule has 15 heavy (non-hydrogen) atoms. The Hall–Kier alpha value is -0.540. The van der Waals surface area contributed by atoms with Gasteiger partial charge < -0.3 is 10.6 Å². The molecule has 0 spiro atoms. The van der Waals surface area contributed by atoms with Crippen LogP contribution in [0.1, 0.15) is 33.6 Å². The van der Waals surface area contributed by atoms with Gasteiger partial charge in [0.15, 0.2) is 0 Å². The maximum absolute atomic E-state index is 11.6. The minimum Gasteiger partial charge on any atom is -0.352 e. The summed E-state index contributed by atoms with van der Waals surface area (Å²) < 4.78 is 0. The second-order valence-electron chi connectivity index (χ2n) is 3.82. The third-order valence-corrected chi connectivity index (χ3v) is 2.24. The van der Waals surface area contributed by atoms with Crippen LogP contribution in [0.4, 0.5) is 0 Å². The van der Waals surface area contributed by atoms with Crippen molar-refractivity contribution >= 4 is 17.5 Å². The first-order chi connectivity index (χ1) is 6.97. The van der Waals surface area contributed by atoms with Crippen LogP contribution in [-0.2, 0) is 4.79 Å². The maximum Gasteiger partial charge on any atom is 0.237 e. The number of amides is 1. The van der Waals surface area contributed by atoms with Crippen LogP contribution in [0.5, 0.6) is 0 Å². The average Bonchev–Trinajstić information content (AvgIpc) is 2.14. The molecule has 0 aromatic rings. The number of rotatable bonds is 7. The molecular formula is C11H21ClN2O. The first-order valence-electron chi connectivity index (χ1n) is 5.34. The van der Waals surface area contributed by atoms with E-state index in [2.05, 4.69) is 24.1 Å². The lowest BCUT2D eigenvalue weighted by atomic mass is 10.2. The van der Waals surface area contributed by atoms with Crippen LogP contribution in [0.2, 0.25) is 0 Å². The Morgan fingerprint density at radius 2 is 2.07 bits per heavy atom. The van der Waals surface area contributed by atoms with E-state index < -0.39 is 0 Å². The third kappa shape index (κ3) is 7.40. The van der Waals surface area contributed by atoms with E-state index >= 15 is 0 Å². The summed E-state index contributed by atoms with van der Waals surface area (Å²) in [6.07, 6.45) is 2.07. The summed E-state index contributed by atoms with van der Waals surface area (Å²) in [6, 6.07) is -0.00856. The molecule has 0 aromatic carbocycles. The van der Waals surface area contributed by atoms with E-state index in [-0.39, 0.29) is 18.0 Å². The van der Waals surface area contributed by atoms with E-state index in [0.29, 0.717) is 11.6 Å². The molecule has 1 amide bonds. The van der Waals surface area contributed by atoms with Crippen molar-refractivity contribution in [1.29, 1.82) is 0 Å². The van der Waals surface area contributed by atoms with Gasteiger partial charge in [0.2, 0.25) is 5.91 Å². The lowest BCUT2D eigenvalue weighted by Crippen LogP contribution is -2.45. The SMILES string of the molecule is C=C(Cl)CNC(C)C(=O)NC(C)CCC. The van der Waals surface area contributed by atoms with Crippen LogP contribution in [-0.4, -0.2) is 24.5 Å². The highest BCUT2D eigenvalue weighted by Gasteiger charge is 2.13. The maximum atomic E-state index is 11.6. The van der Waals surface area contributed by atoms with Crippen LogP contribution < -0.4 is 10.6 Å². The fourth-order valence-corrected chi connectivity index (χ4v) is 1.31. The number of hydrogen-bond donors (Lipinski definition) is 2. The summed E-state index contributed by atoms with van der Waals surface area (Å²) in [6.45, 7) is 9.93. The van der Waals surface area contributed by atoms with Crippen molar-refractivity contribution in [3.8, 4) is 0 Å². The highest BCUT2D eigenvalue weighted by atomic mass is 35.5. The summed E-state index contributed by atoms with van der Waals surface area (Å²) in [7, 11) is 0. The Morgan fingerprint density at radius 1 is 1.47 bits per heavy atom. The summed E-state index contributed by atoms with van der Waals surface area (Å²) in [4.78, 5) is 11.6. The Balaban J connectivity index is 3.82. The van der Waals surface area contributed by atoms with Crippen molar-refractivity contribution in [1.82, 2.24) is 10.6 Å². The van der Waals surface area contributed by atoms with E-state index in [4.69, 9.17) is 11.6 Å². The molecule has 4 heteroatoms. The molecule has 0 saturated carbocycles. The van der Waals surface area contributed by atoms with Crippen molar-refractivity contribution in [3.63, 3.8) is 0 Å². The van der Waals surface area contributed by atoms with Gasteiger partial charge in [0, 0.05) is 17.6 Å². The fourth-order valence-electron chi connectivity index (χ4n) is 1.23. The standard InChI is InChI=1S/C11H21ClN2O/c1-5-6-9(3)14-11(15)10(4)13-7-8(2)12/h9-10,13H,2,5-7H2,1,3-4H3,(H,14,15). The molecule has 0 fully saturated rings. The zero-order valence-corrected chi connectivity index (χ0v) is 10.5. The molecule has 0 rings (SSSR count).